The van der Waals surface area contributed by atoms with Crippen molar-refractivity contribution in [2.45, 2.75) is 19.2 Å². The molecule has 0 aromatic rings. The lowest BCUT2D eigenvalue weighted by Gasteiger charge is -2.04. The molecular formula is C7H11F5O4S. The highest BCUT2D eigenvalue weighted by atomic mass is 32.2. The van der Waals surface area contributed by atoms with Crippen molar-refractivity contribution in [3.8, 4) is 0 Å². The highest BCUT2D eigenvalue weighted by Gasteiger charge is 2.25. The fourth-order valence-electron chi connectivity index (χ4n) is 0.488. The first-order valence-electron chi connectivity index (χ1n) is 3.96. The average molecular weight is 286 g/mol. The van der Waals surface area contributed by atoms with Gasteiger partial charge in [0.05, 0.1) is 12.2 Å². The van der Waals surface area contributed by atoms with Gasteiger partial charge >= 0.3 is 6.18 Å². The van der Waals surface area contributed by atoms with Crippen LogP contribution in [-0.4, -0.2) is 38.1 Å². The summed E-state index contributed by atoms with van der Waals surface area (Å²) in [6.07, 6.45) is -9.12. The van der Waals surface area contributed by atoms with Crippen LogP contribution in [0.5, 0.6) is 0 Å². The summed E-state index contributed by atoms with van der Waals surface area (Å²) >= 11 is 0. The molecule has 0 aromatic heterocycles. The number of methoxy groups -OCH3 is 1. The van der Waals surface area contributed by atoms with E-state index >= 15 is 0 Å². The third-order valence-corrected chi connectivity index (χ3v) is 2.01. The molecule has 0 amide bonds. The van der Waals surface area contributed by atoms with E-state index in [1.807, 2.05) is 0 Å². The van der Waals surface area contributed by atoms with Crippen LogP contribution in [0.2, 0.25) is 0 Å². The molecule has 1 atom stereocenters. The maximum absolute atomic E-state index is 10.8. The molecule has 1 N–H and O–H groups in total. The number of alkyl halides is 3. The monoisotopic (exact) mass is 286 g/mol. The van der Waals surface area contributed by atoms with Gasteiger partial charge in [-0.3, -0.25) is 4.55 Å². The smallest absolute Gasteiger partial charge is 0.381 e. The summed E-state index contributed by atoms with van der Waals surface area (Å²) in [4.78, 5) is 0. The molecule has 0 fully saturated rings. The van der Waals surface area contributed by atoms with Gasteiger partial charge in [-0.05, 0) is 6.92 Å². The number of hydrogen-bond donors (Lipinski definition) is 1. The molecule has 0 spiro atoms. The largest absolute Gasteiger partial charge is 0.414 e. The summed E-state index contributed by atoms with van der Waals surface area (Å²) in [7, 11) is -2.48. The summed E-state index contributed by atoms with van der Waals surface area (Å²) in [5.74, 6) is -0.344. The van der Waals surface area contributed by atoms with Crippen LogP contribution in [-0.2, 0) is 14.9 Å². The molecule has 4 nitrogen and oxygen atoms in total. The van der Waals surface area contributed by atoms with Gasteiger partial charge in [-0.1, -0.05) is 0 Å². The highest BCUT2D eigenvalue weighted by molar-refractivity contribution is 7.85. The number of halogens is 5. The maximum atomic E-state index is 10.8. The quantitative estimate of drug-likeness (QED) is 0.638. The molecule has 10 heteroatoms. The Morgan fingerprint density at radius 1 is 1.41 bits per heavy atom. The Kier molecular flexibility index (Phi) is 8.28. The van der Waals surface area contributed by atoms with E-state index in [-0.39, 0.29) is 5.75 Å². The lowest BCUT2D eigenvalue weighted by Crippen LogP contribution is -2.18. The first-order chi connectivity index (χ1) is 7.37. The first kappa shape index (κ1) is 18.6. The van der Waals surface area contributed by atoms with Gasteiger partial charge < -0.3 is 4.74 Å². The SMILES string of the molecule is COC(C)CS(=O)(=O)O.FC(F)=CC(F)(F)F. The van der Waals surface area contributed by atoms with Crippen LogP contribution in [0, 0.1) is 0 Å². The zero-order valence-corrected chi connectivity index (χ0v) is 9.65. The van der Waals surface area contributed by atoms with Gasteiger partial charge in [0.15, 0.2) is 0 Å². The van der Waals surface area contributed by atoms with E-state index in [1.54, 1.807) is 6.92 Å². The van der Waals surface area contributed by atoms with E-state index in [0.717, 1.165) is 0 Å². The molecule has 1 unspecified atom stereocenters. The van der Waals surface area contributed by atoms with Crippen molar-refractivity contribution in [1.82, 2.24) is 0 Å². The molecule has 0 aliphatic rings. The van der Waals surface area contributed by atoms with Gasteiger partial charge in [0.1, 0.15) is 5.75 Å². The lowest BCUT2D eigenvalue weighted by atomic mass is 10.5. The Bertz CT molecular complexity index is 331. The molecule has 17 heavy (non-hydrogen) atoms. The van der Waals surface area contributed by atoms with Crippen molar-refractivity contribution in [2.75, 3.05) is 12.9 Å². The van der Waals surface area contributed by atoms with Gasteiger partial charge in [-0.15, -0.1) is 0 Å². The summed E-state index contributed by atoms with van der Waals surface area (Å²) in [5, 5.41) is 0. The van der Waals surface area contributed by atoms with Crippen LogP contribution in [0.4, 0.5) is 22.0 Å². The Balaban J connectivity index is 0. The number of allylic oxidation sites excluding steroid dienone is 1. The summed E-state index contributed by atoms with van der Waals surface area (Å²) < 4.78 is 86.5. The molecule has 0 heterocycles. The van der Waals surface area contributed by atoms with Crippen LogP contribution in [0.3, 0.4) is 0 Å². The normalized spacial score (nSPS) is 13.4. The molecular weight excluding hydrogens is 275 g/mol. The van der Waals surface area contributed by atoms with Crippen LogP contribution in [0.1, 0.15) is 6.92 Å². The Labute approximate surface area is 94.8 Å². The molecule has 0 aromatic carbocycles. The molecule has 0 rings (SSSR count). The molecule has 0 saturated carbocycles. The van der Waals surface area contributed by atoms with Crippen molar-refractivity contribution in [3.63, 3.8) is 0 Å². The summed E-state index contributed by atoms with van der Waals surface area (Å²) in [6, 6.07) is 0. The van der Waals surface area contributed by atoms with E-state index in [0.29, 0.717) is 0 Å². The van der Waals surface area contributed by atoms with Crippen molar-refractivity contribution < 1.29 is 39.7 Å². The third kappa shape index (κ3) is 21.2. The number of rotatable bonds is 3. The predicted octanol–water partition coefficient (Wildman–Crippen LogP) is 2.24. The Morgan fingerprint density at radius 3 is 1.88 bits per heavy atom. The number of ether oxygens (including phenoxy) is 1. The molecule has 0 aliphatic heterocycles. The fourth-order valence-corrected chi connectivity index (χ4v) is 1.22. The van der Waals surface area contributed by atoms with Gasteiger partial charge in [0.2, 0.25) is 0 Å². The molecule has 0 aliphatic carbocycles. The average Bonchev–Trinajstić information content (AvgIpc) is 1.96. The zero-order valence-electron chi connectivity index (χ0n) is 8.83. The van der Waals surface area contributed by atoms with Crippen molar-refractivity contribution in [1.29, 1.82) is 0 Å². The topological polar surface area (TPSA) is 63.6 Å². The van der Waals surface area contributed by atoms with Crippen LogP contribution >= 0.6 is 0 Å². The Hall–Kier alpha value is -0.740. The van der Waals surface area contributed by atoms with Crippen molar-refractivity contribution >= 4 is 10.1 Å². The van der Waals surface area contributed by atoms with Gasteiger partial charge in [0.25, 0.3) is 16.2 Å². The minimum atomic E-state index is -4.89. The van der Waals surface area contributed by atoms with Crippen molar-refractivity contribution in [2.24, 2.45) is 0 Å². The maximum Gasteiger partial charge on any atom is 0.414 e. The van der Waals surface area contributed by atoms with E-state index in [2.05, 4.69) is 4.74 Å². The van der Waals surface area contributed by atoms with E-state index in [4.69, 9.17) is 4.55 Å². The van der Waals surface area contributed by atoms with E-state index < -0.39 is 34.6 Å². The summed E-state index contributed by atoms with van der Waals surface area (Å²) in [5.41, 5.74) is 0. The summed E-state index contributed by atoms with van der Waals surface area (Å²) in [6.45, 7) is 1.56. The third-order valence-electron chi connectivity index (χ3n) is 1.12. The first-order valence-corrected chi connectivity index (χ1v) is 5.57. The second-order valence-corrected chi connectivity index (χ2v) is 4.27. The van der Waals surface area contributed by atoms with Crippen LogP contribution in [0.25, 0.3) is 0 Å². The van der Waals surface area contributed by atoms with Gasteiger partial charge in [0, 0.05) is 7.11 Å². The van der Waals surface area contributed by atoms with Crippen molar-refractivity contribution in [3.05, 3.63) is 12.2 Å². The van der Waals surface area contributed by atoms with E-state index in [9.17, 15) is 30.4 Å². The predicted molar refractivity (Wildman–Crippen MR) is 49.2 cm³/mol. The molecule has 104 valence electrons. The second kappa shape index (κ2) is 7.56. The van der Waals surface area contributed by atoms with Crippen LogP contribution in [0.15, 0.2) is 12.2 Å². The van der Waals surface area contributed by atoms with E-state index in [1.165, 1.54) is 7.11 Å². The molecule has 0 radical (unpaired) electrons. The highest BCUT2D eigenvalue weighted by Crippen LogP contribution is 2.19. The zero-order chi connectivity index (χ0) is 14.3. The fraction of sp³-hybridized carbons (Fsp3) is 0.714. The lowest BCUT2D eigenvalue weighted by molar-refractivity contribution is -0.0826. The Morgan fingerprint density at radius 2 is 1.82 bits per heavy atom. The minimum absolute atomic E-state index is 0.344. The minimum Gasteiger partial charge on any atom is -0.381 e. The molecule has 0 saturated heterocycles. The standard InChI is InChI=1S/C4H10O4S.C3HF5/c1-4(8-2)3-9(5,6)7;4-2(5)1-3(6,7)8/h4H,3H2,1-2H3,(H,5,6,7);1H. The van der Waals surface area contributed by atoms with Gasteiger partial charge in [-0.2, -0.15) is 30.4 Å². The van der Waals surface area contributed by atoms with Crippen LogP contribution < -0.4 is 0 Å². The number of hydrogen-bond acceptors (Lipinski definition) is 3. The van der Waals surface area contributed by atoms with Gasteiger partial charge in [-0.25, -0.2) is 0 Å². The second-order valence-electron chi connectivity index (χ2n) is 2.77. The molecule has 0 bridgehead atoms.